The fourth-order valence-electron chi connectivity index (χ4n) is 2.14. The van der Waals surface area contributed by atoms with Crippen molar-refractivity contribution in [2.45, 2.75) is 25.3 Å². The van der Waals surface area contributed by atoms with Gasteiger partial charge in [-0.05, 0) is 19.3 Å². The van der Waals surface area contributed by atoms with Gasteiger partial charge in [0.25, 0.3) is 0 Å². The average molecular weight is 261 g/mol. The molecule has 1 saturated carbocycles. The Morgan fingerprint density at radius 2 is 1.88 bits per heavy atom. The highest BCUT2D eigenvalue weighted by Gasteiger charge is 2.40. The van der Waals surface area contributed by atoms with Gasteiger partial charge in [-0.2, -0.15) is 0 Å². The molecule has 0 spiro atoms. The number of nitrogens with zero attached hydrogens (tertiary/aromatic N) is 1. The van der Waals surface area contributed by atoms with E-state index in [1.165, 1.54) is 4.90 Å². The molecule has 1 N–H and O–H groups in total. The molecule has 2 rings (SSSR count). The molecule has 0 aromatic carbocycles. The van der Waals surface area contributed by atoms with Crippen LogP contribution in [-0.4, -0.2) is 54.4 Å². The highest BCUT2D eigenvalue weighted by molar-refractivity contribution is 7.91. The molecule has 1 amide bonds. The van der Waals surface area contributed by atoms with Gasteiger partial charge in [-0.1, -0.05) is 0 Å². The van der Waals surface area contributed by atoms with Gasteiger partial charge in [-0.25, -0.2) is 8.42 Å². The number of aliphatic carboxylic acids is 1. The maximum atomic E-state index is 12.0. The zero-order valence-electron chi connectivity index (χ0n) is 9.33. The lowest BCUT2D eigenvalue weighted by Crippen LogP contribution is -2.41. The highest BCUT2D eigenvalue weighted by Crippen LogP contribution is 2.30. The van der Waals surface area contributed by atoms with Crippen molar-refractivity contribution in [2.75, 3.05) is 18.1 Å². The molecule has 7 heteroatoms. The lowest BCUT2D eigenvalue weighted by Gasteiger charge is -2.23. The van der Waals surface area contributed by atoms with Gasteiger partial charge in [0.2, 0.25) is 5.91 Å². The van der Waals surface area contributed by atoms with Gasteiger partial charge in [0.15, 0.2) is 9.84 Å². The number of carboxylic acid groups (broad SMARTS) is 1. The molecule has 0 aromatic rings. The molecule has 1 saturated heterocycles. The van der Waals surface area contributed by atoms with Crippen LogP contribution in [0.2, 0.25) is 0 Å². The molecule has 0 aromatic heterocycles. The predicted octanol–water partition coefficient (Wildman–Crippen LogP) is -0.503. The number of amides is 1. The molecule has 17 heavy (non-hydrogen) atoms. The minimum absolute atomic E-state index is 0.00176. The standard InChI is InChI=1S/C10H15NO5S/c12-9(13)5-11(8-1-2-8)10(14)7-3-4-17(15,16)6-7/h7-8H,1-6H2,(H,12,13). The number of rotatable bonds is 4. The van der Waals surface area contributed by atoms with Crippen molar-refractivity contribution in [2.24, 2.45) is 5.92 Å². The Kier molecular flexibility index (Phi) is 3.11. The van der Waals surface area contributed by atoms with E-state index in [2.05, 4.69) is 0 Å². The molecule has 0 bridgehead atoms. The van der Waals surface area contributed by atoms with Crippen LogP contribution in [-0.2, 0) is 19.4 Å². The number of hydrogen-bond donors (Lipinski definition) is 1. The Bertz CT molecular complexity index is 440. The van der Waals surface area contributed by atoms with Crippen LogP contribution in [0.5, 0.6) is 0 Å². The van der Waals surface area contributed by atoms with Crippen LogP contribution < -0.4 is 0 Å². The maximum Gasteiger partial charge on any atom is 0.323 e. The second kappa shape index (κ2) is 4.29. The Morgan fingerprint density at radius 1 is 1.24 bits per heavy atom. The smallest absolute Gasteiger partial charge is 0.323 e. The zero-order valence-corrected chi connectivity index (χ0v) is 10.1. The number of carbonyl (C=O) groups excluding carboxylic acids is 1. The van der Waals surface area contributed by atoms with Crippen molar-refractivity contribution in [3.8, 4) is 0 Å². The highest BCUT2D eigenvalue weighted by atomic mass is 32.2. The average Bonchev–Trinajstić information content (AvgIpc) is 2.98. The fraction of sp³-hybridized carbons (Fsp3) is 0.800. The second-order valence-electron chi connectivity index (χ2n) is 4.69. The van der Waals surface area contributed by atoms with Gasteiger partial charge in [0.1, 0.15) is 6.54 Å². The largest absolute Gasteiger partial charge is 0.480 e. The van der Waals surface area contributed by atoms with Crippen LogP contribution in [0.4, 0.5) is 0 Å². The van der Waals surface area contributed by atoms with Crippen molar-refractivity contribution < 1.29 is 23.1 Å². The monoisotopic (exact) mass is 261 g/mol. The summed E-state index contributed by atoms with van der Waals surface area (Å²) < 4.78 is 22.6. The van der Waals surface area contributed by atoms with Crippen LogP contribution in [0, 0.1) is 5.92 Å². The fourth-order valence-corrected chi connectivity index (χ4v) is 3.88. The maximum absolute atomic E-state index is 12.0. The van der Waals surface area contributed by atoms with Crippen molar-refractivity contribution in [1.29, 1.82) is 0 Å². The van der Waals surface area contributed by atoms with E-state index in [0.29, 0.717) is 6.42 Å². The van der Waals surface area contributed by atoms with Gasteiger partial charge in [-0.15, -0.1) is 0 Å². The first-order valence-electron chi connectivity index (χ1n) is 5.62. The van der Waals surface area contributed by atoms with Gasteiger partial charge in [-0.3, -0.25) is 9.59 Å². The van der Waals surface area contributed by atoms with Crippen molar-refractivity contribution in [3.05, 3.63) is 0 Å². The van der Waals surface area contributed by atoms with Crippen LogP contribution in [0.25, 0.3) is 0 Å². The molecule has 2 aliphatic rings. The summed E-state index contributed by atoms with van der Waals surface area (Å²) in [6.07, 6.45) is 1.96. The molecule has 1 aliphatic heterocycles. The van der Waals surface area contributed by atoms with Crippen molar-refractivity contribution in [3.63, 3.8) is 0 Å². The molecule has 1 unspecified atom stereocenters. The van der Waals surface area contributed by atoms with E-state index in [9.17, 15) is 18.0 Å². The van der Waals surface area contributed by atoms with Gasteiger partial charge in [0.05, 0.1) is 17.4 Å². The van der Waals surface area contributed by atoms with Crippen LogP contribution in [0.15, 0.2) is 0 Å². The normalized spacial score (nSPS) is 26.7. The number of carboxylic acids is 1. The summed E-state index contributed by atoms with van der Waals surface area (Å²) >= 11 is 0. The predicted molar refractivity (Wildman–Crippen MR) is 59.1 cm³/mol. The Morgan fingerprint density at radius 3 is 2.29 bits per heavy atom. The molecule has 1 atom stereocenters. The third-order valence-electron chi connectivity index (χ3n) is 3.16. The second-order valence-corrected chi connectivity index (χ2v) is 6.92. The quantitative estimate of drug-likeness (QED) is 0.736. The summed E-state index contributed by atoms with van der Waals surface area (Å²) in [6.45, 7) is -0.319. The number of carbonyl (C=O) groups is 2. The van der Waals surface area contributed by atoms with E-state index in [-0.39, 0.29) is 30.0 Å². The minimum atomic E-state index is -3.10. The Hall–Kier alpha value is -1.11. The summed E-state index contributed by atoms with van der Waals surface area (Å²) in [6, 6.07) is 0.00176. The van der Waals surface area contributed by atoms with Gasteiger partial charge >= 0.3 is 5.97 Å². The Labute approximate surface area is 99.5 Å². The van der Waals surface area contributed by atoms with E-state index >= 15 is 0 Å². The van der Waals surface area contributed by atoms with Crippen molar-refractivity contribution in [1.82, 2.24) is 4.90 Å². The molecular weight excluding hydrogens is 246 g/mol. The summed E-state index contributed by atoms with van der Waals surface area (Å²) in [7, 11) is -3.10. The SMILES string of the molecule is O=C(O)CN(C(=O)C1CCS(=O)(=O)C1)C1CC1. The van der Waals surface area contributed by atoms with E-state index < -0.39 is 21.7 Å². The summed E-state index contributed by atoms with van der Waals surface area (Å²) in [5, 5.41) is 8.74. The topological polar surface area (TPSA) is 91.8 Å². The summed E-state index contributed by atoms with van der Waals surface area (Å²) in [4.78, 5) is 24.1. The number of hydrogen-bond acceptors (Lipinski definition) is 4. The van der Waals surface area contributed by atoms with E-state index in [4.69, 9.17) is 5.11 Å². The minimum Gasteiger partial charge on any atom is -0.480 e. The molecule has 96 valence electrons. The van der Waals surface area contributed by atoms with Crippen LogP contribution >= 0.6 is 0 Å². The Balaban J connectivity index is 2.04. The zero-order chi connectivity index (χ0) is 12.6. The first kappa shape index (κ1) is 12.3. The van der Waals surface area contributed by atoms with Crippen LogP contribution in [0.3, 0.4) is 0 Å². The van der Waals surface area contributed by atoms with E-state index in [1.54, 1.807) is 0 Å². The lowest BCUT2D eigenvalue weighted by atomic mass is 10.1. The van der Waals surface area contributed by atoms with Crippen molar-refractivity contribution >= 4 is 21.7 Å². The first-order chi connectivity index (χ1) is 7.89. The summed E-state index contributed by atoms with van der Waals surface area (Å²) in [5.41, 5.74) is 0. The van der Waals surface area contributed by atoms with E-state index in [1.807, 2.05) is 0 Å². The molecule has 1 aliphatic carbocycles. The molecular formula is C10H15NO5S. The van der Waals surface area contributed by atoms with Gasteiger partial charge in [0, 0.05) is 6.04 Å². The van der Waals surface area contributed by atoms with Crippen LogP contribution in [0.1, 0.15) is 19.3 Å². The van der Waals surface area contributed by atoms with Gasteiger partial charge < -0.3 is 10.0 Å². The van der Waals surface area contributed by atoms with E-state index in [0.717, 1.165) is 12.8 Å². The molecule has 0 radical (unpaired) electrons. The lowest BCUT2D eigenvalue weighted by molar-refractivity contribution is -0.146. The summed E-state index contributed by atoms with van der Waals surface area (Å²) in [5.74, 6) is -1.99. The first-order valence-corrected chi connectivity index (χ1v) is 7.44. The molecule has 6 nitrogen and oxygen atoms in total. The number of sulfone groups is 1. The molecule has 1 heterocycles. The molecule has 2 fully saturated rings. The third-order valence-corrected chi connectivity index (χ3v) is 4.93. The third kappa shape index (κ3) is 2.96.